The molecule has 0 spiro atoms. The van der Waals surface area contributed by atoms with E-state index in [1.807, 2.05) is 65.2 Å². The third-order valence-corrected chi connectivity index (χ3v) is 6.38. The van der Waals surface area contributed by atoms with Gasteiger partial charge in [0.2, 0.25) is 5.91 Å². The van der Waals surface area contributed by atoms with Gasteiger partial charge in [-0.3, -0.25) is 14.3 Å². The maximum absolute atomic E-state index is 12.5. The second-order valence-corrected chi connectivity index (χ2v) is 8.30. The minimum Gasteiger partial charge on any atom is -0.354 e. The van der Waals surface area contributed by atoms with E-state index in [0.29, 0.717) is 23.5 Å². The highest BCUT2D eigenvalue weighted by Crippen LogP contribution is 2.27. The molecule has 1 aliphatic heterocycles. The van der Waals surface area contributed by atoms with Crippen LogP contribution in [0.2, 0.25) is 0 Å². The van der Waals surface area contributed by atoms with Gasteiger partial charge >= 0.3 is 0 Å². The van der Waals surface area contributed by atoms with Crippen molar-refractivity contribution < 1.29 is 4.79 Å². The lowest BCUT2D eigenvalue weighted by Crippen LogP contribution is -2.40. The molecule has 1 N–H and O–H groups in total. The van der Waals surface area contributed by atoms with Gasteiger partial charge in [-0.25, -0.2) is 0 Å². The van der Waals surface area contributed by atoms with Crippen molar-refractivity contribution in [3.63, 3.8) is 0 Å². The molecule has 1 atom stereocenters. The zero-order chi connectivity index (χ0) is 20.8. The number of hydrogen-bond donors (Lipinski definition) is 1. The van der Waals surface area contributed by atoms with E-state index in [0.717, 1.165) is 36.6 Å². The standard InChI is InChI=1S/C23H27N5OS/c1-2-27-15-9-14-20(27)16-24-21(29)17-30-23-26-25-22(18-10-5-3-6-11-18)28(23)19-12-7-4-8-13-19/h3-8,10-13,20H,2,9,14-17H2,1H3,(H,24,29). The minimum atomic E-state index is 0.0341. The molecular weight excluding hydrogens is 394 g/mol. The first-order chi connectivity index (χ1) is 14.8. The first-order valence-electron chi connectivity index (χ1n) is 10.5. The van der Waals surface area contributed by atoms with Gasteiger partial charge in [-0.2, -0.15) is 0 Å². The van der Waals surface area contributed by atoms with Crippen LogP contribution in [-0.2, 0) is 4.79 Å². The summed E-state index contributed by atoms with van der Waals surface area (Å²) in [6, 6.07) is 20.5. The van der Waals surface area contributed by atoms with Gasteiger partial charge < -0.3 is 5.32 Å². The fraction of sp³-hybridized carbons (Fsp3) is 0.348. The van der Waals surface area contributed by atoms with Crippen LogP contribution in [0.1, 0.15) is 19.8 Å². The topological polar surface area (TPSA) is 63.1 Å². The molecule has 4 rings (SSSR count). The Morgan fingerprint density at radius 1 is 1.10 bits per heavy atom. The average Bonchev–Trinajstić information content (AvgIpc) is 3.44. The normalized spacial score (nSPS) is 16.6. The van der Waals surface area contributed by atoms with Gasteiger partial charge in [0.25, 0.3) is 0 Å². The van der Waals surface area contributed by atoms with E-state index in [1.165, 1.54) is 18.2 Å². The van der Waals surface area contributed by atoms with Crippen LogP contribution in [0.25, 0.3) is 17.1 Å². The van der Waals surface area contributed by atoms with Gasteiger partial charge in [-0.05, 0) is 38.1 Å². The van der Waals surface area contributed by atoms with Crippen LogP contribution in [-0.4, -0.2) is 57.0 Å². The highest BCUT2D eigenvalue weighted by Gasteiger charge is 2.23. The van der Waals surface area contributed by atoms with Crippen molar-refractivity contribution in [2.45, 2.75) is 31.0 Å². The molecule has 7 heteroatoms. The van der Waals surface area contributed by atoms with Gasteiger partial charge in [0.1, 0.15) is 0 Å². The molecule has 0 saturated carbocycles. The maximum Gasteiger partial charge on any atom is 0.230 e. The van der Waals surface area contributed by atoms with Crippen LogP contribution in [0.5, 0.6) is 0 Å². The molecule has 0 radical (unpaired) electrons. The minimum absolute atomic E-state index is 0.0341. The molecule has 1 saturated heterocycles. The molecule has 30 heavy (non-hydrogen) atoms. The number of likely N-dealkylation sites (N-methyl/N-ethyl adjacent to an activating group) is 1. The number of nitrogens with zero attached hydrogens (tertiary/aromatic N) is 4. The van der Waals surface area contributed by atoms with E-state index in [1.54, 1.807) is 0 Å². The number of thioether (sulfide) groups is 1. The maximum atomic E-state index is 12.5. The van der Waals surface area contributed by atoms with Crippen molar-refractivity contribution >= 4 is 17.7 Å². The molecule has 1 aliphatic rings. The smallest absolute Gasteiger partial charge is 0.230 e. The Hall–Kier alpha value is -2.64. The van der Waals surface area contributed by atoms with Crippen LogP contribution in [0.3, 0.4) is 0 Å². The lowest BCUT2D eigenvalue weighted by Gasteiger charge is -2.22. The highest BCUT2D eigenvalue weighted by molar-refractivity contribution is 7.99. The first kappa shape index (κ1) is 20.6. The molecule has 1 aromatic heterocycles. The molecule has 1 amide bonds. The van der Waals surface area contributed by atoms with E-state index in [9.17, 15) is 4.79 Å². The third kappa shape index (κ3) is 4.74. The van der Waals surface area contributed by atoms with Crippen LogP contribution in [0, 0.1) is 0 Å². The Bertz CT molecular complexity index is 960. The van der Waals surface area contributed by atoms with Crippen LogP contribution >= 0.6 is 11.8 Å². The van der Waals surface area contributed by atoms with Crippen molar-refractivity contribution in [3.05, 3.63) is 60.7 Å². The van der Waals surface area contributed by atoms with Crippen molar-refractivity contribution in [1.82, 2.24) is 25.0 Å². The lowest BCUT2D eigenvalue weighted by molar-refractivity contribution is -0.118. The van der Waals surface area contributed by atoms with Crippen LogP contribution in [0.4, 0.5) is 0 Å². The van der Waals surface area contributed by atoms with Crippen LogP contribution < -0.4 is 5.32 Å². The molecule has 3 aromatic rings. The predicted molar refractivity (Wildman–Crippen MR) is 121 cm³/mol. The molecule has 6 nitrogen and oxygen atoms in total. The summed E-state index contributed by atoms with van der Waals surface area (Å²) in [6.45, 7) is 5.07. The van der Waals surface area contributed by atoms with E-state index < -0.39 is 0 Å². The van der Waals surface area contributed by atoms with Gasteiger partial charge in [-0.1, -0.05) is 67.2 Å². The van der Waals surface area contributed by atoms with Crippen molar-refractivity contribution in [2.75, 3.05) is 25.4 Å². The summed E-state index contributed by atoms with van der Waals surface area (Å²) in [5.74, 6) is 1.12. The predicted octanol–water partition coefficient (Wildman–Crippen LogP) is 3.63. The molecule has 2 heterocycles. The van der Waals surface area contributed by atoms with E-state index in [4.69, 9.17) is 0 Å². The quantitative estimate of drug-likeness (QED) is 0.563. The zero-order valence-corrected chi connectivity index (χ0v) is 18.0. The van der Waals surface area contributed by atoms with Gasteiger partial charge in [0, 0.05) is 23.8 Å². The van der Waals surface area contributed by atoms with Gasteiger partial charge in [-0.15, -0.1) is 10.2 Å². The summed E-state index contributed by atoms with van der Waals surface area (Å²) < 4.78 is 2.02. The number of rotatable bonds is 8. The van der Waals surface area contributed by atoms with E-state index in [-0.39, 0.29) is 5.91 Å². The monoisotopic (exact) mass is 421 g/mol. The number of carbonyl (C=O) groups is 1. The Kier molecular flexibility index (Phi) is 6.81. The van der Waals surface area contributed by atoms with Crippen LogP contribution in [0.15, 0.2) is 65.8 Å². The van der Waals surface area contributed by atoms with Gasteiger partial charge in [0.05, 0.1) is 5.75 Å². The molecule has 156 valence electrons. The summed E-state index contributed by atoms with van der Waals surface area (Å²) in [6.07, 6.45) is 2.37. The average molecular weight is 422 g/mol. The second kappa shape index (κ2) is 9.91. The molecule has 1 fully saturated rings. The van der Waals surface area contributed by atoms with Crippen molar-refractivity contribution in [2.24, 2.45) is 0 Å². The number of amides is 1. The molecule has 0 aliphatic carbocycles. The SMILES string of the molecule is CCN1CCCC1CNC(=O)CSc1nnc(-c2ccccc2)n1-c1ccccc1. The Labute approximate surface area is 181 Å². The van der Waals surface area contributed by atoms with Crippen molar-refractivity contribution in [3.8, 4) is 17.1 Å². The highest BCUT2D eigenvalue weighted by atomic mass is 32.2. The number of para-hydroxylation sites is 1. The van der Waals surface area contributed by atoms with Gasteiger partial charge in [0.15, 0.2) is 11.0 Å². The first-order valence-corrected chi connectivity index (χ1v) is 11.4. The fourth-order valence-electron chi connectivity index (χ4n) is 3.90. The summed E-state index contributed by atoms with van der Waals surface area (Å²) >= 11 is 1.42. The Balaban J connectivity index is 1.46. The van der Waals surface area contributed by atoms with Crippen molar-refractivity contribution in [1.29, 1.82) is 0 Å². The Morgan fingerprint density at radius 2 is 1.83 bits per heavy atom. The second-order valence-electron chi connectivity index (χ2n) is 7.36. The third-order valence-electron chi connectivity index (χ3n) is 5.45. The molecular formula is C23H27N5OS. The number of likely N-dealkylation sites (tertiary alicyclic amines) is 1. The molecule has 0 bridgehead atoms. The zero-order valence-electron chi connectivity index (χ0n) is 17.2. The molecule has 1 unspecified atom stereocenters. The van der Waals surface area contributed by atoms with E-state index >= 15 is 0 Å². The number of carbonyl (C=O) groups excluding carboxylic acids is 1. The van der Waals surface area contributed by atoms with E-state index in [2.05, 4.69) is 27.3 Å². The fourth-order valence-corrected chi connectivity index (χ4v) is 4.68. The number of aromatic nitrogens is 3. The summed E-state index contributed by atoms with van der Waals surface area (Å²) in [5.41, 5.74) is 1.97. The number of nitrogens with one attached hydrogen (secondary N) is 1. The Morgan fingerprint density at radius 3 is 2.57 bits per heavy atom. The summed E-state index contributed by atoms with van der Waals surface area (Å²) in [7, 11) is 0. The number of hydrogen-bond acceptors (Lipinski definition) is 5. The largest absolute Gasteiger partial charge is 0.354 e. The summed E-state index contributed by atoms with van der Waals surface area (Å²) in [4.78, 5) is 14.9. The number of benzene rings is 2. The molecule has 2 aromatic carbocycles. The summed E-state index contributed by atoms with van der Waals surface area (Å²) in [5, 5.41) is 12.6. The lowest BCUT2D eigenvalue weighted by atomic mass is 10.2.